The number of halogens is 6. The van der Waals surface area contributed by atoms with E-state index in [2.05, 4.69) is 9.56 Å². The summed E-state index contributed by atoms with van der Waals surface area (Å²) in [6, 6.07) is 0. The van der Waals surface area contributed by atoms with E-state index in [0.29, 0.717) is 0 Å². The lowest BCUT2D eigenvalue weighted by Gasteiger charge is -2.21. The highest BCUT2D eigenvalue weighted by atomic mass is 31.2. The Hall–Kier alpha value is -0.150. The van der Waals surface area contributed by atoms with Crippen LogP contribution >= 0.6 is 8.60 Å². The lowest BCUT2D eigenvalue weighted by molar-refractivity contribution is -0.399. The summed E-state index contributed by atoms with van der Waals surface area (Å²) in [6.07, 6.45) is -15.7. The van der Waals surface area contributed by atoms with E-state index in [1.807, 2.05) is 0 Å². The van der Waals surface area contributed by atoms with Crippen molar-refractivity contribution in [2.45, 2.75) is 18.5 Å². The fraction of sp³-hybridized carbons (Fsp3) is 1.00. The van der Waals surface area contributed by atoms with Gasteiger partial charge in [-0.05, 0) is 0 Å². The maximum atomic E-state index is 11.6. The normalized spacial score (nSPS) is 14.1. The molecule has 0 saturated heterocycles. The first kappa shape index (κ1) is 13.8. The molecule has 86 valence electrons. The van der Waals surface area contributed by atoms with Crippen LogP contribution in [0.4, 0.5) is 26.3 Å². The van der Waals surface area contributed by atoms with Crippen molar-refractivity contribution in [3.63, 3.8) is 0 Å². The van der Waals surface area contributed by atoms with Crippen LogP contribution in [0.3, 0.4) is 0 Å². The fourth-order valence-electron chi connectivity index (χ4n) is 0.376. The van der Waals surface area contributed by atoms with Gasteiger partial charge in [-0.15, -0.1) is 0 Å². The Labute approximate surface area is 74.0 Å². The minimum absolute atomic E-state index is 2.81. The lowest BCUT2D eigenvalue weighted by Crippen LogP contribution is -2.44. The highest BCUT2D eigenvalue weighted by molar-refractivity contribution is 7.39. The molecule has 0 aromatic heterocycles. The van der Waals surface area contributed by atoms with Crippen LogP contribution in [-0.2, 0) is 9.56 Å². The van der Waals surface area contributed by atoms with Crippen LogP contribution in [0.5, 0.6) is 0 Å². The first-order valence-electron chi connectivity index (χ1n) is 2.70. The van der Waals surface area contributed by atoms with Gasteiger partial charge in [0.1, 0.15) is 0 Å². The number of rotatable bonds is 3. The molecule has 11 heteroatoms. The lowest BCUT2D eigenvalue weighted by atomic mass is 10.3. The smallest absolute Gasteiger partial charge is 0.327 e. The third kappa shape index (κ3) is 4.91. The summed E-state index contributed by atoms with van der Waals surface area (Å²) in [5.41, 5.74) is 0. The standard InChI is InChI=1S/C3H3F6O4P/c4-2(5,6)1(3(7,8)9)12-13-14(10)11/h1,10-11H. The molecule has 0 aliphatic carbocycles. The van der Waals surface area contributed by atoms with Gasteiger partial charge in [0.25, 0.3) is 6.10 Å². The number of alkyl halides is 6. The Morgan fingerprint density at radius 2 is 1.29 bits per heavy atom. The summed E-state index contributed by atoms with van der Waals surface area (Å²) in [5.74, 6) is 0. The Morgan fingerprint density at radius 3 is 1.50 bits per heavy atom. The molecule has 0 aromatic rings. The van der Waals surface area contributed by atoms with E-state index in [4.69, 9.17) is 9.79 Å². The molecule has 2 N–H and O–H groups in total. The molecule has 0 bridgehead atoms. The van der Waals surface area contributed by atoms with Gasteiger partial charge in [-0.1, -0.05) is 0 Å². The Balaban J connectivity index is 4.44. The summed E-state index contributed by atoms with van der Waals surface area (Å²) >= 11 is 0. The average Bonchev–Trinajstić information content (AvgIpc) is 1.78. The molecule has 0 unspecified atom stereocenters. The monoisotopic (exact) mass is 248 g/mol. The average molecular weight is 248 g/mol. The minimum atomic E-state index is -5.75. The van der Waals surface area contributed by atoms with Crippen LogP contribution in [0.1, 0.15) is 0 Å². The van der Waals surface area contributed by atoms with Crippen molar-refractivity contribution in [2.75, 3.05) is 0 Å². The molecule has 0 spiro atoms. The van der Waals surface area contributed by atoms with E-state index in [0.717, 1.165) is 0 Å². The van der Waals surface area contributed by atoms with Crippen LogP contribution in [0.25, 0.3) is 0 Å². The van der Waals surface area contributed by atoms with Gasteiger partial charge in [0.15, 0.2) is 0 Å². The molecule has 0 atom stereocenters. The molecule has 0 aromatic carbocycles. The molecule has 4 nitrogen and oxygen atoms in total. The van der Waals surface area contributed by atoms with Gasteiger partial charge >= 0.3 is 21.0 Å². The molecule has 0 fully saturated rings. The summed E-state index contributed by atoms with van der Waals surface area (Å²) < 4.78 is 72.5. The van der Waals surface area contributed by atoms with Gasteiger partial charge < -0.3 is 9.79 Å². The van der Waals surface area contributed by atoms with Gasteiger partial charge in [0.2, 0.25) is 0 Å². The van der Waals surface area contributed by atoms with Crippen molar-refractivity contribution in [3.05, 3.63) is 0 Å². The Morgan fingerprint density at radius 1 is 0.929 bits per heavy atom. The third-order valence-corrected chi connectivity index (χ3v) is 1.02. The van der Waals surface area contributed by atoms with Crippen molar-refractivity contribution < 1.29 is 45.7 Å². The SMILES string of the molecule is OP(O)OOC(C(F)(F)F)C(F)(F)F. The van der Waals surface area contributed by atoms with E-state index in [9.17, 15) is 26.3 Å². The van der Waals surface area contributed by atoms with Crippen LogP contribution < -0.4 is 0 Å². The zero-order chi connectivity index (χ0) is 11.6. The number of hydrogen-bond acceptors (Lipinski definition) is 4. The second-order valence-electron chi connectivity index (χ2n) is 1.89. The molecule has 0 heterocycles. The van der Waals surface area contributed by atoms with Gasteiger partial charge in [0, 0.05) is 0 Å². The van der Waals surface area contributed by atoms with Gasteiger partial charge in [-0.25, -0.2) is 4.89 Å². The Kier molecular flexibility index (Phi) is 4.53. The zero-order valence-electron chi connectivity index (χ0n) is 6.00. The van der Waals surface area contributed by atoms with Crippen molar-refractivity contribution in [3.8, 4) is 0 Å². The number of hydrogen-bond donors (Lipinski definition) is 2. The van der Waals surface area contributed by atoms with E-state index < -0.39 is 27.1 Å². The van der Waals surface area contributed by atoms with Gasteiger partial charge in [-0.3, -0.25) is 0 Å². The van der Waals surface area contributed by atoms with E-state index >= 15 is 0 Å². The van der Waals surface area contributed by atoms with Crippen molar-refractivity contribution in [1.29, 1.82) is 0 Å². The molecule has 0 aliphatic rings. The maximum Gasteiger partial charge on any atom is 0.426 e. The second-order valence-corrected chi connectivity index (χ2v) is 2.54. The maximum absolute atomic E-state index is 11.6. The van der Waals surface area contributed by atoms with Crippen LogP contribution in [0.2, 0.25) is 0 Å². The first-order chi connectivity index (χ1) is 6.05. The summed E-state index contributed by atoms with van der Waals surface area (Å²) in [5, 5.41) is 0. The Bertz CT molecular complexity index is 163. The van der Waals surface area contributed by atoms with Crippen LogP contribution in [0.15, 0.2) is 0 Å². The van der Waals surface area contributed by atoms with Crippen molar-refractivity contribution in [1.82, 2.24) is 0 Å². The zero-order valence-corrected chi connectivity index (χ0v) is 6.90. The first-order valence-corrected chi connectivity index (χ1v) is 3.86. The molecule has 0 amide bonds. The molecular weight excluding hydrogens is 245 g/mol. The molecule has 0 radical (unpaired) electrons. The predicted molar refractivity (Wildman–Crippen MR) is 29.4 cm³/mol. The highest BCUT2D eigenvalue weighted by Gasteiger charge is 2.59. The van der Waals surface area contributed by atoms with Crippen molar-refractivity contribution in [2.24, 2.45) is 0 Å². The van der Waals surface area contributed by atoms with E-state index in [1.54, 1.807) is 0 Å². The van der Waals surface area contributed by atoms with Crippen molar-refractivity contribution >= 4 is 8.60 Å². The fourth-order valence-corrected chi connectivity index (χ4v) is 0.539. The predicted octanol–water partition coefficient (Wildman–Crippen LogP) is 1.64. The summed E-state index contributed by atoms with van der Waals surface area (Å²) in [6.45, 7) is 0. The largest absolute Gasteiger partial charge is 0.426 e. The van der Waals surface area contributed by atoms with Crippen LogP contribution in [0, 0.1) is 0 Å². The topological polar surface area (TPSA) is 58.9 Å². The second kappa shape index (κ2) is 4.58. The molecule has 0 rings (SSSR count). The molecule has 14 heavy (non-hydrogen) atoms. The third-order valence-electron chi connectivity index (χ3n) is 0.801. The highest BCUT2D eigenvalue weighted by Crippen LogP contribution is 2.38. The van der Waals surface area contributed by atoms with Gasteiger partial charge in [0.05, 0.1) is 0 Å². The summed E-state index contributed by atoms with van der Waals surface area (Å²) in [7, 11) is -3.45. The molecular formula is C3H3F6O4P. The minimum Gasteiger partial charge on any atom is -0.327 e. The quantitative estimate of drug-likeness (QED) is 0.345. The van der Waals surface area contributed by atoms with E-state index in [-0.39, 0.29) is 0 Å². The summed E-state index contributed by atoms with van der Waals surface area (Å²) in [4.78, 5) is 18.6. The van der Waals surface area contributed by atoms with E-state index in [1.165, 1.54) is 0 Å². The molecule has 0 saturated carbocycles. The van der Waals surface area contributed by atoms with Crippen LogP contribution in [-0.4, -0.2) is 28.2 Å². The molecule has 0 aliphatic heterocycles. The van der Waals surface area contributed by atoms with Gasteiger partial charge in [-0.2, -0.15) is 31.0 Å².